The molecule has 0 atom stereocenters. The van der Waals surface area contributed by atoms with Gasteiger partial charge in [-0.05, 0) is 54.3 Å². The predicted molar refractivity (Wildman–Crippen MR) is 117 cm³/mol. The van der Waals surface area contributed by atoms with Gasteiger partial charge in [-0.2, -0.15) is 26.3 Å². The lowest BCUT2D eigenvalue weighted by molar-refractivity contribution is -0.308. The first-order valence-corrected chi connectivity index (χ1v) is 11.9. The molecule has 0 radical (unpaired) electrons. The highest BCUT2D eigenvalue weighted by Gasteiger charge is 2.60. The molecule has 2 saturated heterocycles. The summed E-state index contributed by atoms with van der Waals surface area (Å²) in [5.41, 5.74) is 3.41. The number of fused-ring (bicyclic) bond motifs is 1. The van der Waals surface area contributed by atoms with Crippen LogP contribution in [0.5, 0.6) is 0 Å². The summed E-state index contributed by atoms with van der Waals surface area (Å²) in [6, 6.07) is 6.16. The molecule has 3 aliphatic rings. The molecule has 6 nitrogen and oxygen atoms in total. The van der Waals surface area contributed by atoms with E-state index in [1.807, 2.05) is 11.0 Å². The number of piperidine rings is 1. The van der Waals surface area contributed by atoms with E-state index < -0.39 is 24.5 Å². The Kier molecular flexibility index (Phi) is 7.20. The molecule has 3 heterocycles. The summed E-state index contributed by atoms with van der Waals surface area (Å²) in [7, 11) is 0. The normalized spacial score (nSPS) is 20.7. The van der Waals surface area contributed by atoms with E-state index in [1.165, 1.54) is 11.1 Å². The Labute approximate surface area is 205 Å². The fraction of sp³-hybridized carbons (Fsp3) is 0.667. The third-order valence-corrected chi connectivity index (χ3v) is 7.62. The number of nitrogens with zero attached hydrogens (tertiary/aromatic N) is 3. The van der Waals surface area contributed by atoms with Gasteiger partial charge in [-0.1, -0.05) is 18.2 Å². The topological polar surface area (TPSA) is 53.1 Å². The van der Waals surface area contributed by atoms with Crippen molar-refractivity contribution in [3.63, 3.8) is 0 Å². The Morgan fingerprint density at radius 1 is 0.972 bits per heavy atom. The van der Waals surface area contributed by atoms with Gasteiger partial charge in [-0.25, -0.2) is 4.79 Å². The molecule has 2 fully saturated rings. The fourth-order valence-corrected chi connectivity index (χ4v) is 5.54. The molecule has 12 heteroatoms. The lowest BCUT2D eigenvalue weighted by atomic mass is 9.78. The molecular weight excluding hydrogens is 492 g/mol. The number of ether oxygens (including phenoxy) is 1. The van der Waals surface area contributed by atoms with E-state index in [0.717, 1.165) is 36.4 Å². The van der Waals surface area contributed by atoms with Gasteiger partial charge in [0, 0.05) is 46.2 Å². The summed E-state index contributed by atoms with van der Waals surface area (Å²) >= 11 is 0. The van der Waals surface area contributed by atoms with Crippen LogP contribution < -0.4 is 0 Å². The number of hydrogen-bond donors (Lipinski definition) is 0. The van der Waals surface area contributed by atoms with Crippen LogP contribution in [0.4, 0.5) is 31.1 Å². The maximum atomic E-state index is 12.7. The molecule has 0 bridgehead atoms. The summed E-state index contributed by atoms with van der Waals surface area (Å²) in [5.74, 6) is 0.0395. The van der Waals surface area contributed by atoms with Crippen LogP contribution in [0.2, 0.25) is 0 Å². The molecule has 0 aromatic heterocycles. The monoisotopic (exact) mass is 521 g/mol. The van der Waals surface area contributed by atoms with Gasteiger partial charge in [-0.3, -0.25) is 9.69 Å². The minimum Gasteiger partial charge on any atom is -0.426 e. The van der Waals surface area contributed by atoms with Crippen LogP contribution >= 0.6 is 0 Å². The molecular formula is C24H29F6N3O3. The Morgan fingerprint density at radius 2 is 1.61 bits per heavy atom. The molecule has 1 spiro atoms. The zero-order chi connectivity index (χ0) is 26.3. The molecule has 0 aliphatic carbocycles. The lowest BCUT2D eigenvalue weighted by Gasteiger charge is -2.39. The average molecular weight is 522 g/mol. The van der Waals surface area contributed by atoms with Gasteiger partial charge < -0.3 is 14.5 Å². The number of rotatable bonds is 3. The highest BCUT2D eigenvalue weighted by atomic mass is 19.4. The second-order valence-corrected chi connectivity index (χ2v) is 10.0. The van der Waals surface area contributed by atoms with Gasteiger partial charge in [0.05, 0.1) is 0 Å². The van der Waals surface area contributed by atoms with Gasteiger partial charge in [0.2, 0.25) is 5.91 Å². The number of alkyl halides is 6. The molecule has 0 saturated carbocycles. The van der Waals surface area contributed by atoms with Crippen molar-refractivity contribution in [2.45, 2.75) is 64.2 Å². The van der Waals surface area contributed by atoms with Crippen LogP contribution in [0.25, 0.3) is 0 Å². The first kappa shape index (κ1) is 26.6. The highest BCUT2D eigenvalue weighted by molar-refractivity contribution is 5.73. The molecule has 0 unspecified atom stereocenters. The largest absolute Gasteiger partial charge is 0.434 e. The standard InChI is InChI=1S/C24H29F6N3O3/c1-16(34)33-9-5-17-3-2-4-18(19(17)14-33)13-31-10-6-22(15-31)7-11-32(12-8-22)21(35)36-20(23(25,26)27)24(28,29)30/h2-4,20H,5-15H2,1H3. The number of halogens is 6. The zero-order valence-electron chi connectivity index (χ0n) is 19.9. The van der Waals surface area contributed by atoms with E-state index in [-0.39, 0.29) is 24.4 Å². The summed E-state index contributed by atoms with van der Waals surface area (Å²) in [6.45, 7) is 5.15. The van der Waals surface area contributed by atoms with Gasteiger partial charge >= 0.3 is 18.4 Å². The fourth-order valence-electron chi connectivity index (χ4n) is 5.54. The first-order valence-electron chi connectivity index (χ1n) is 11.9. The number of likely N-dealkylation sites (tertiary alicyclic amines) is 2. The Hall–Kier alpha value is -2.50. The molecule has 36 heavy (non-hydrogen) atoms. The highest BCUT2D eigenvalue weighted by Crippen LogP contribution is 2.42. The summed E-state index contributed by atoms with van der Waals surface area (Å²) < 4.78 is 80.2. The molecule has 3 aliphatic heterocycles. The van der Waals surface area contributed by atoms with E-state index in [9.17, 15) is 35.9 Å². The number of carbonyl (C=O) groups is 2. The van der Waals surface area contributed by atoms with E-state index in [4.69, 9.17) is 0 Å². The van der Waals surface area contributed by atoms with E-state index in [2.05, 4.69) is 21.8 Å². The third kappa shape index (κ3) is 5.73. The van der Waals surface area contributed by atoms with Gasteiger partial charge in [0.1, 0.15) is 0 Å². The van der Waals surface area contributed by atoms with Crippen LogP contribution in [-0.4, -0.2) is 77.9 Å². The number of benzene rings is 1. The number of hydrogen-bond acceptors (Lipinski definition) is 4. The van der Waals surface area contributed by atoms with E-state index >= 15 is 0 Å². The lowest BCUT2D eigenvalue weighted by Crippen LogP contribution is -2.50. The van der Waals surface area contributed by atoms with Crippen molar-refractivity contribution in [1.82, 2.24) is 14.7 Å². The van der Waals surface area contributed by atoms with Crippen molar-refractivity contribution < 1.29 is 40.7 Å². The van der Waals surface area contributed by atoms with Crippen molar-refractivity contribution in [2.75, 3.05) is 32.7 Å². The second kappa shape index (κ2) is 9.75. The Morgan fingerprint density at radius 3 is 2.22 bits per heavy atom. The van der Waals surface area contributed by atoms with Crippen LogP contribution in [-0.2, 0) is 29.0 Å². The number of carbonyl (C=O) groups excluding carboxylic acids is 2. The summed E-state index contributed by atoms with van der Waals surface area (Å²) in [5, 5.41) is 0. The Bertz CT molecular complexity index is 974. The minimum atomic E-state index is -5.73. The number of amides is 2. The van der Waals surface area contributed by atoms with Crippen LogP contribution in [0.1, 0.15) is 42.9 Å². The smallest absolute Gasteiger partial charge is 0.426 e. The van der Waals surface area contributed by atoms with Crippen molar-refractivity contribution >= 4 is 12.0 Å². The maximum absolute atomic E-state index is 12.7. The average Bonchev–Trinajstić information content (AvgIpc) is 3.18. The zero-order valence-corrected chi connectivity index (χ0v) is 19.9. The van der Waals surface area contributed by atoms with Crippen molar-refractivity contribution in [3.05, 3.63) is 34.9 Å². The third-order valence-electron chi connectivity index (χ3n) is 7.62. The molecule has 1 aromatic carbocycles. The van der Waals surface area contributed by atoms with Crippen molar-refractivity contribution in [3.8, 4) is 0 Å². The SMILES string of the molecule is CC(=O)N1CCc2cccc(CN3CCC4(CCN(C(=O)OC(C(F)(F)F)C(F)(F)F)CC4)C3)c2C1. The van der Waals surface area contributed by atoms with E-state index in [1.54, 1.807) is 6.92 Å². The first-order chi connectivity index (χ1) is 16.8. The molecule has 4 rings (SSSR count). The molecule has 200 valence electrons. The quantitative estimate of drug-likeness (QED) is 0.550. The molecule has 0 N–H and O–H groups in total. The van der Waals surface area contributed by atoms with Crippen LogP contribution in [0, 0.1) is 5.41 Å². The summed E-state index contributed by atoms with van der Waals surface area (Å²) in [6.07, 6.45) is -14.6. The van der Waals surface area contributed by atoms with E-state index in [0.29, 0.717) is 32.5 Å². The summed E-state index contributed by atoms with van der Waals surface area (Å²) in [4.78, 5) is 29.0. The van der Waals surface area contributed by atoms with Crippen LogP contribution in [0.3, 0.4) is 0 Å². The van der Waals surface area contributed by atoms with Crippen LogP contribution in [0.15, 0.2) is 18.2 Å². The minimum absolute atomic E-state index is 0.0395. The second-order valence-electron chi connectivity index (χ2n) is 10.0. The van der Waals surface area contributed by atoms with Gasteiger partial charge in [0.25, 0.3) is 6.10 Å². The van der Waals surface area contributed by atoms with Crippen molar-refractivity contribution in [2.24, 2.45) is 5.41 Å². The van der Waals surface area contributed by atoms with Gasteiger partial charge in [-0.15, -0.1) is 0 Å². The molecule has 2 amide bonds. The Balaban J connectivity index is 1.34. The predicted octanol–water partition coefficient (Wildman–Crippen LogP) is 4.51. The van der Waals surface area contributed by atoms with Crippen molar-refractivity contribution in [1.29, 1.82) is 0 Å². The molecule has 1 aromatic rings. The van der Waals surface area contributed by atoms with Gasteiger partial charge in [0.15, 0.2) is 0 Å². The maximum Gasteiger partial charge on any atom is 0.434 e.